The van der Waals surface area contributed by atoms with Crippen LogP contribution >= 0.6 is 11.6 Å². The highest BCUT2D eigenvalue weighted by molar-refractivity contribution is 6.32. The van der Waals surface area contributed by atoms with Crippen molar-refractivity contribution in [2.75, 3.05) is 6.54 Å². The Morgan fingerprint density at radius 3 is 2.79 bits per heavy atom. The molecule has 1 aliphatic rings. The van der Waals surface area contributed by atoms with Crippen LogP contribution in [-0.2, 0) is 0 Å². The Kier molecular flexibility index (Phi) is 2.39. The first-order chi connectivity index (χ1) is 6.68. The zero-order valence-electron chi connectivity index (χ0n) is 7.37. The van der Waals surface area contributed by atoms with Crippen LogP contribution in [0.4, 0.5) is 5.69 Å². The number of benzene rings is 1. The third kappa shape index (κ3) is 1.58. The standard InChI is InChI=1S/C9H9ClN2O2/c10-7-2-1-6(8-3-4-11-8)5-9(7)12(13)14/h1-2,5,8,11H,3-4H2/t8-/m0/s1. The summed E-state index contributed by atoms with van der Waals surface area (Å²) in [7, 11) is 0. The van der Waals surface area contributed by atoms with Crippen molar-refractivity contribution in [3.05, 3.63) is 38.9 Å². The molecule has 0 aliphatic carbocycles. The van der Waals surface area contributed by atoms with Crippen LogP contribution in [0.1, 0.15) is 18.0 Å². The van der Waals surface area contributed by atoms with Crippen LogP contribution < -0.4 is 5.32 Å². The summed E-state index contributed by atoms with van der Waals surface area (Å²) in [6.45, 7) is 0.973. The van der Waals surface area contributed by atoms with Gasteiger partial charge in [0.15, 0.2) is 0 Å². The van der Waals surface area contributed by atoms with Gasteiger partial charge in [0.1, 0.15) is 5.02 Å². The van der Waals surface area contributed by atoms with Crippen molar-refractivity contribution in [2.45, 2.75) is 12.5 Å². The van der Waals surface area contributed by atoms with E-state index in [1.165, 1.54) is 0 Å². The second kappa shape index (κ2) is 3.55. The van der Waals surface area contributed by atoms with Crippen LogP contribution in [0.5, 0.6) is 0 Å². The van der Waals surface area contributed by atoms with Crippen LogP contribution in [-0.4, -0.2) is 11.5 Å². The van der Waals surface area contributed by atoms with Crippen molar-refractivity contribution >= 4 is 17.3 Å². The van der Waals surface area contributed by atoms with E-state index in [0.29, 0.717) is 0 Å². The molecule has 0 unspecified atom stereocenters. The van der Waals surface area contributed by atoms with Gasteiger partial charge in [-0.15, -0.1) is 0 Å². The van der Waals surface area contributed by atoms with Gasteiger partial charge in [0.2, 0.25) is 0 Å². The van der Waals surface area contributed by atoms with Gasteiger partial charge in [0.25, 0.3) is 5.69 Å². The molecule has 1 N–H and O–H groups in total. The minimum atomic E-state index is -0.454. The van der Waals surface area contributed by atoms with E-state index in [1.54, 1.807) is 12.1 Å². The maximum Gasteiger partial charge on any atom is 0.288 e. The van der Waals surface area contributed by atoms with Crippen molar-refractivity contribution in [1.29, 1.82) is 0 Å². The normalized spacial score (nSPS) is 20.2. The van der Waals surface area contributed by atoms with Crippen LogP contribution in [0.25, 0.3) is 0 Å². The second-order valence-electron chi connectivity index (χ2n) is 3.26. The number of nitro groups is 1. The van der Waals surface area contributed by atoms with Gasteiger partial charge >= 0.3 is 0 Å². The summed E-state index contributed by atoms with van der Waals surface area (Å²) in [5.41, 5.74) is 0.921. The summed E-state index contributed by atoms with van der Waals surface area (Å²) < 4.78 is 0. The van der Waals surface area contributed by atoms with E-state index in [1.807, 2.05) is 6.07 Å². The number of hydrogen-bond acceptors (Lipinski definition) is 3. The molecule has 1 heterocycles. The minimum Gasteiger partial charge on any atom is -0.310 e. The number of halogens is 1. The molecule has 1 aromatic rings. The zero-order chi connectivity index (χ0) is 10.1. The second-order valence-corrected chi connectivity index (χ2v) is 3.67. The summed E-state index contributed by atoms with van der Waals surface area (Å²) in [5, 5.41) is 14.0. The van der Waals surface area contributed by atoms with Gasteiger partial charge in [0, 0.05) is 12.1 Å². The fraction of sp³-hybridized carbons (Fsp3) is 0.333. The van der Waals surface area contributed by atoms with E-state index in [0.717, 1.165) is 18.5 Å². The lowest BCUT2D eigenvalue weighted by Crippen LogP contribution is -2.34. The molecular formula is C9H9ClN2O2. The van der Waals surface area contributed by atoms with Gasteiger partial charge in [-0.3, -0.25) is 10.1 Å². The first kappa shape index (κ1) is 9.43. The molecule has 2 rings (SSSR count). The summed E-state index contributed by atoms with van der Waals surface area (Å²) in [6, 6.07) is 5.20. The Morgan fingerprint density at radius 2 is 2.29 bits per heavy atom. The van der Waals surface area contributed by atoms with Crippen molar-refractivity contribution in [3.8, 4) is 0 Å². The summed E-state index contributed by atoms with van der Waals surface area (Å²) in [6.07, 6.45) is 1.03. The molecule has 14 heavy (non-hydrogen) atoms. The van der Waals surface area contributed by atoms with Crippen molar-refractivity contribution in [1.82, 2.24) is 5.32 Å². The molecule has 74 valence electrons. The Labute approximate surface area is 86.0 Å². The van der Waals surface area contributed by atoms with Gasteiger partial charge in [-0.1, -0.05) is 17.7 Å². The topological polar surface area (TPSA) is 55.2 Å². The number of nitrogens with zero attached hydrogens (tertiary/aromatic N) is 1. The molecule has 1 fully saturated rings. The molecule has 0 aromatic heterocycles. The predicted octanol–water partition coefficient (Wildman–Crippen LogP) is 2.28. The highest BCUT2D eigenvalue weighted by atomic mass is 35.5. The number of nitro benzene ring substituents is 1. The van der Waals surface area contributed by atoms with E-state index in [4.69, 9.17) is 11.6 Å². The maximum absolute atomic E-state index is 10.6. The highest BCUT2D eigenvalue weighted by Gasteiger charge is 2.21. The van der Waals surface area contributed by atoms with Gasteiger partial charge in [-0.05, 0) is 24.6 Å². The van der Waals surface area contributed by atoms with Crippen LogP contribution in [0, 0.1) is 10.1 Å². The highest BCUT2D eigenvalue weighted by Crippen LogP contribution is 2.30. The van der Waals surface area contributed by atoms with Crippen LogP contribution in [0.15, 0.2) is 18.2 Å². The monoisotopic (exact) mass is 212 g/mol. The molecule has 1 aromatic carbocycles. The third-order valence-electron chi connectivity index (χ3n) is 2.39. The van der Waals surface area contributed by atoms with E-state index in [-0.39, 0.29) is 16.8 Å². The zero-order valence-corrected chi connectivity index (χ0v) is 8.12. The van der Waals surface area contributed by atoms with Crippen LogP contribution in [0.2, 0.25) is 5.02 Å². The Bertz CT molecular complexity index is 377. The molecule has 0 radical (unpaired) electrons. The first-order valence-corrected chi connectivity index (χ1v) is 4.73. The van der Waals surface area contributed by atoms with Crippen molar-refractivity contribution in [3.63, 3.8) is 0 Å². The molecule has 1 aliphatic heterocycles. The Balaban J connectivity index is 2.34. The molecule has 0 spiro atoms. The van der Waals surface area contributed by atoms with E-state index < -0.39 is 4.92 Å². The lowest BCUT2D eigenvalue weighted by atomic mass is 9.98. The first-order valence-electron chi connectivity index (χ1n) is 4.35. The lowest BCUT2D eigenvalue weighted by Gasteiger charge is -2.27. The smallest absolute Gasteiger partial charge is 0.288 e. The van der Waals surface area contributed by atoms with Gasteiger partial charge in [-0.2, -0.15) is 0 Å². The van der Waals surface area contributed by atoms with Gasteiger partial charge in [-0.25, -0.2) is 0 Å². The van der Waals surface area contributed by atoms with Crippen molar-refractivity contribution in [2.24, 2.45) is 0 Å². The van der Waals surface area contributed by atoms with E-state index >= 15 is 0 Å². The fourth-order valence-corrected chi connectivity index (χ4v) is 1.65. The lowest BCUT2D eigenvalue weighted by molar-refractivity contribution is -0.384. The quantitative estimate of drug-likeness (QED) is 0.605. The SMILES string of the molecule is O=[N+]([O-])c1cc([C@@H]2CCN2)ccc1Cl. The maximum atomic E-state index is 10.6. The average Bonchev–Trinajstić information content (AvgIpc) is 2.04. The minimum absolute atomic E-state index is 0.0159. The Morgan fingerprint density at radius 1 is 1.57 bits per heavy atom. The molecule has 1 atom stereocenters. The predicted molar refractivity (Wildman–Crippen MR) is 53.5 cm³/mol. The van der Waals surface area contributed by atoms with Crippen molar-refractivity contribution < 1.29 is 4.92 Å². The van der Waals surface area contributed by atoms with Crippen LogP contribution in [0.3, 0.4) is 0 Å². The molecule has 1 saturated heterocycles. The van der Waals surface area contributed by atoms with Gasteiger partial charge < -0.3 is 5.32 Å². The van der Waals surface area contributed by atoms with E-state index in [2.05, 4.69) is 5.32 Å². The molecule has 5 heteroatoms. The number of rotatable bonds is 2. The summed E-state index contributed by atoms with van der Waals surface area (Å²) in [4.78, 5) is 10.1. The van der Waals surface area contributed by atoms with Gasteiger partial charge in [0.05, 0.1) is 4.92 Å². The fourth-order valence-electron chi connectivity index (χ4n) is 1.46. The number of hydrogen-bond donors (Lipinski definition) is 1. The average molecular weight is 213 g/mol. The molecule has 0 amide bonds. The molecule has 4 nitrogen and oxygen atoms in total. The molecule has 0 bridgehead atoms. The molecular weight excluding hydrogens is 204 g/mol. The number of nitrogens with one attached hydrogen (secondary N) is 1. The van der Waals surface area contributed by atoms with E-state index in [9.17, 15) is 10.1 Å². The molecule has 0 saturated carbocycles. The summed E-state index contributed by atoms with van der Waals surface area (Å²) >= 11 is 5.70. The Hall–Kier alpha value is -1.13. The summed E-state index contributed by atoms with van der Waals surface area (Å²) in [5.74, 6) is 0. The third-order valence-corrected chi connectivity index (χ3v) is 2.71. The largest absolute Gasteiger partial charge is 0.310 e.